The van der Waals surface area contributed by atoms with E-state index in [9.17, 15) is 31.5 Å². The maximum absolute atomic E-state index is 12.8. The predicted octanol–water partition coefficient (Wildman–Crippen LogP) is 4.28. The van der Waals surface area contributed by atoms with Gasteiger partial charge >= 0.3 is 12.1 Å². The molecule has 0 spiro atoms. The van der Waals surface area contributed by atoms with Gasteiger partial charge in [0.2, 0.25) is 0 Å². The molecule has 172 valence electrons. The molecule has 1 aromatic carbocycles. The smallest absolute Gasteiger partial charge is 0.416 e. The number of nitrogens with one attached hydrogen (secondary N) is 2. The van der Waals surface area contributed by atoms with Gasteiger partial charge in [-0.05, 0) is 47.5 Å². The van der Waals surface area contributed by atoms with E-state index in [1.54, 1.807) is 24.5 Å². The summed E-state index contributed by atoms with van der Waals surface area (Å²) in [6, 6.07) is 9.08. The number of carbonyl (C=O) groups is 1. The largest absolute Gasteiger partial charge is 0.480 e. The summed E-state index contributed by atoms with van der Waals surface area (Å²) in [7, 11) is -4.20. The van der Waals surface area contributed by atoms with E-state index < -0.39 is 33.8 Å². The summed E-state index contributed by atoms with van der Waals surface area (Å²) in [4.78, 5) is 19.2. The molecule has 3 aromatic heterocycles. The molecule has 0 aliphatic heterocycles. The molecule has 0 unspecified atom stereocenters. The zero-order valence-corrected chi connectivity index (χ0v) is 18.3. The van der Waals surface area contributed by atoms with Gasteiger partial charge in [-0.15, -0.1) is 11.3 Å². The van der Waals surface area contributed by atoms with Crippen LogP contribution < -0.4 is 4.72 Å². The van der Waals surface area contributed by atoms with Crippen molar-refractivity contribution in [2.24, 2.45) is 0 Å². The summed E-state index contributed by atoms with van der Waals surface area (Å²) in [5, 5.41) is 10.3. The average molecular weight is 496 g/mol. The standard InChI is InChI=1S/C21H16F3N3O4S2/c22-21(23,24)14-5-3-12(4-6-14)17-7-8-18(32-17)33(30,31)27-16(20(28)29)10-13-11-26-19-15(13)2-1-9-25-19/h1-9,11,16,27H,10H2,(H,25,26)(H,28,29)/t16-/m0/s1. The highest BCUT2D eigenvalue weighted by molar-refractivity contribution is 7.91. The Labute approximate surface area is 190 Å². The van der Waals surface area contributed by atoms with Gasteiger partial charge in [-0.3, -0.25) is 4.79 Å². The van der Waals surface area contributed by atoms with Crippen LogP contribution in [0, 0.1) is 0 Å². The second-order valence-electron chi connectivity index (χ2n) is 7.12. The Bertz CT molecular complexity index is 1410. The van der Waals surface area contributed by atoms with Crippen molar-refractivity contribution >= 4 is 38.4 Å². The number of H-pyrrole nitrogens is 1. The minimum absolute atomic E-state index is 0.114. The van der Waals surface area contributed by atoms with E-state index in [1.165, 1.54) is 24.3 Å². The number of benzene rings is 1. The third-order valence-corrected chi connectivity index (χ3v) is 8.00. The molecule has 0 saturated carbocycles. The molecule has 0 radical (unpaired) electrons. The molecule has 33 heavy (non-hydrogen) atoms. The molecule has 0 aliphatic carbocycles. The monoisotopic (exact) mass is 495 g/mol. The summed E-state index contributed by atoms with van der Waals surface area (Å²) in [6.45, 7) is 0. The van der Waals surface area contributed by atoms with Crippen LogP contribution in [0.25, 0.3) is 21.5 Å². The Hall–Kier alpha value is -3.22. The number of rotatable bonds is 7. The molecule has 7 nitrogen and oxygen atoms in total. The van der Waals surface area contributed by atoms with Crippen LogP contribution in [-0.4, -0.2) is 35.5 Å². The molecule has 12 heteroatoms. The first-order valence-electron chi connectivity index (χ1n) is 9.48. The second-order valence-corrected chi connectivity index (χ2v) is 10.1. The summed E-state index contributed by atoms with van der Waals surface area (Å²) < 4.78 is 66.0. The zero-order valence-electron chi connectivity index (χ0n) is 16.6. The van der Waals surface area contributed by atoms with Crippen molar-refractivity contribution in [3.05, 3.63) is 72.1 Å². The van der Waals surface area contributed by atoms with Gasteiger partial charge in [0, 0.05) is 29.1 Å². The molecular weight excluding hydrogens is 479 g/mol. The van der Waals surface area contributed by atoms with Crippen LogP contribution in [-0.2, 0) is 27.4 Å². The lowest BCUT2D eigenvalue weighted by Gasteiger charge is -2.13. The number of halogens is 3. The first-order chi connectivity index (χ1) is 15.5. The molecule has 0 saturated heterocycles. The summed E-state index contributed by atoms with van der Waals surface area (Å²) >= 11 is 0.830. The molecule has 0 bridgehead atoms. The molecule has 1 atom stereocenters. The van der Waals surface area contributed by atoms with E-state index in [1.807, 2.05) is 0 Å². The molecule has 0 amide bonds. The number of carboxylic acid groups (broad SMARTS) is 1. The number of hydrogen-bond acceptors (Lipinski definition) is 5. The first kappa shape index (κ1) is 23.0. The summed E-state index contributed by atoms with van der Waals surface area (Å²) in [5.41, 5.74) is 0.744. The lowest BCUT2D eigenvalue weighted by Crippen LogP contribution is -2.41. The van der Waals surface area contributed by atoms with Gasteiger partial charge in [-0.25, -0.2) is 13.4 Å². The fourth-order valence-corrected chi connectivity index (χ4v) is 5.79. The lowest BCUT2D eigenvalue weighted by atomic mass is 10.1. The summed E-state index contributed by atoms with van der Waals surface area (Å²) in [5.74, 6) is -1.35. The highest BCUT2D eigenvalue weighted by Crippen LogP contribution is 2.34. The predicted molar refractivity (Wildman–Crippen MR) is 116 cm³/mol. The number of aromatic amines is 1. The molecule has 0 aliphatic rings. The first-order valence-corrected chi connectivity index (χ1v) is 11.8. The Morgan fingerprint density at radius 2 is 1.88 bits per heavy atom. The number of nitrogens with zero attached hydrogens (tertiary/aromatic N) is 1. The van der Waals surface area contributed by atoms with Gasteiger partial charge in [-0.2, -0.15) is 17.9 Å². The van der Waals surface area contributed by atoms with E-state index in [0.717, 1.165) is 23.5 Å². The van der Waals surface area contributed by atoms with Crippen molar-refractivity contribution in [2.45, 2.75) is 22.8 Å². The molecule has 4 rings (SSSR count). The van der Waals surface area contributed by atoms with Crippen molar-refractivity contribution in [3.8, 4) is 10.4 Å². The molecule has 3 N–H and O–H groups in total. The van der Waals surface area contributed by atoms with Gasteiger partial charge in [0.25, 0.3) is 10.0 Å². The van der Waals surface area contributed by atoms with Crippen LogP contribution in [0.1, 0.15) is 11.1 Å². The van der Waals surface area contributed by atoms with Gasteiger partial charge in [0.15, 0.2) is 0 Å². The number of alkyl halides is 3. The number of thiophene rings is 1. The quantitative estimate of drug-likeness (QED) is 0.354. The van der Waals surface area contributed by atoms with E-state index >= 15 is 0 Å². The van der Waals surface area contributed by atoms with Gasteiger partial charge in [-0.1, -0.05) is 12.1 Å². The Morgan fingerprint density at radius 1 is 1.15 bits per heavy atom. The zero-order chi connectivity index (χ0) is 23.8. The maximum Gasteiger partial charge on any atom is 0.416 e. The highest BCUT2D eigenvalue weighted by atomic mass is 32.2. The number of pyridine rings is 1. The van der Waals surface area contributed by atoms with Crippen LogP contribution >= 0.6 is 11.3 Å². The van der Waals surface area contributed by atoms with Crippen molar-refractivity contribution in [1.82, 2.24) is 14.7 Å². The van der Waals surface area contributed by atoms with Crippen LogP contribution in [0.15, 0.2) is 65.1 Å². The maximum atomic E-state index is 12.8. The number of fused-ring (bicyclic) bond motifs is 1. The SMILES string of the molecule is O=C(O)[C@H](Cc1c[nH]c2ncccc12)NS(=O)(=O)c1ccc(-c2ccc(C(F)(F)F)cc2)s1. The third-order valence-electron chi connectivity index (χ3n) is 4.90. The second kappa shape index (κ2) is 8.61. The number of aromatic nitrogens is 2. The normalized spacial score (nSPS) is 13.3. The lowest BCUT2D eigenvalue weighted by molar-refractivity contribution is -0.139. The fourth-order valence-electron chi connectivity index (χ4n) is 3.27. The van der Waals surface area contributed by atoms with Gasteiger partial charge < -0.3 is 10.1 Å². The number of hydrogen-bond donors (Lipinski definition) is 3. The van der Waals surface area contributed by atoms with Crippen molar-refractivity contribution in [2.75, 3.05) is 0 Å². The van der Waals surface area contributed by atoms with Gasteiger partial charge in [0.05, 0.1) is 5.56 Å². The Balaban J connectivity index is 1.55. The van der Waals surface area contributed by atoms with Crippen molar-refractivity contribution in [1.29, 1.82) is 0 Å². The Morgan fingerprint density at radius 3 is 2.55 bits per heavy atom. The number of aliphatic carboxylic acids is 1. The van der Waals surface area contributed by atoms with E-state index in [2.05, 4.69) is 14.7 Å². The molecule has 0 fully saturated rings. The number of sulfonamides is 1. The van der Waals surface area contributed by atoms with Crippen LogP contribution in [0.4, 0.5) is 13.2 Å². The highest BCUT2D eigenvalue weighted by Gasteiger charge is 2.30. The molecule has 3 heterocycles. The van der Waals surface area contributed by atoms with Gasteiger partial charge in [0.1, 0.15) is 15.9 Å². The fraction of sp³-hybridized carbons (Fsp3) is 0.143. The van der Waals surface area contributed by atoms with E-state index in [-0.39, 0.29) is 10.6 Å². The summed E-state index contributed by atoms with van der Waals surface area (Å²) in [6.07, 6.45) is -1.43. The van der Waals surface area contributed by atoms with E-state index in [4.69, 9.17) is 0 Å². The third kappa shape index (κ3) is 4.92. The van der Waals surface area contributed by atoms with Crippen molar-refractivity contribution < 1.29 is 31.5 Å². The minimum atomic E-state index is -4.47. The van der Waals surface area contributed by atoms with Crippen LogP contribution in [0.3, 0.4) is 0 Å². The average Bonchev–Trinajstić information content (AvgIpc) is 3.41. The molecular formula is C21H16F3N3O4S2. The Kier molecular flexibility index (Phi) is 5.99. The van der Waals surface area contributed by atoms with E-state index in [0.29, 0.717) is 27.0 Å². The minimum Gasteiger partial charge on any atom is -0.480 e. The topological polar surface area (TPSA) is 112 Å². The number of carboxylic acids is 1. The van der Waals surface area contributed by atoms with Crippen molar-refractivity contribution in [3.63, 3.8) is 0 Å². The van der Waals surface area contributed by atoms with Crippen LogP contribution in [0.5, 0.6) is 0 Å². The molecule has 4 aromatic rings. The van der Waals surface area contributed by atoms with Crippen LogP contribution in [0.2, 0.25) is 0 Å².